The van der Waals surface area contributed by atoms with Crippen molar-refractivity contribution in [3.8, 4) is 0 Å². The van der Waals surface area contributed by atoms with E-state index in [-0.39, 0.29) is 0 Å². The zero-order valence-electron chi connectivity index (χ0n) is 13.5. The molecule has 0 aromatic carbocycles. The molecule has 0 bridgehead atoms. The molecule has 3 heteroatoms. The van der Waals surface area contributed by atoms with Gasteiger partial charge in [0.25, 0.3) is 0 Å². The number of fused-ring (bicyclic) bond motifs is 1. The molecule has 20 heavy (non-hydrogen) atoms. The minimum Gasteiger partial charge on any atom is -0.329 e. The molecule has 0 amide bonds. The topological polar surface area (TPSA) is 32.5 Å². The Hall–Kier alpha value is -0.120. The number of rotatable bonds is 2. The summed E-state index contributed by atoms with van der Waals surface area (Å²) in [7, 11) is 0. The van der Waals surface area contributed by atoms with Gasteiger partial charge in [0.15, 0.2) is 0 Å². The molecule has 2 atom stereocenters. The second-order valence-electron chi connectivity index (χ2n) is 8.25. The molecule has 3 nitrogen and oxygen atoms in total. The van der Waals surface area contributed by atoms with Crippen LogP contribution in [0, 0.1) is 5.41 Å². The minimum atomic E-state index is 0.292. The van der Waals surface area contributed by atoms with Crippen molar-refractivity contribution in [3.63, 3.8) is 0 Å². The van der Waals surface area contributed by atoms with E-state index in [4.69, 9.17) is 5.73 Å². The van der Waals surface area contributed by atoms with Gasteiger partial charge in [-0.25, -0.2) is 0 Å². The average molecular weight is 279 g/mol. The molecule has 0 spiro atoms. The van der Waals surface area contributed by atoms with Gasteiger partial charge in [0.05, 0.1) is 0 Å². The Bertz CT molecular complexity index is 341. The first-order valence-corrected chi connectivity index (χ1v) is 8.74. The summed E-state index contributed by atoms with van der Waals surface area (Å²) in [5.74, 6) is 0. The van der Waals surface area contributed by atoms with Crippen molar-refractivity contribution in [2.24, 2.45) is 11.1 Å². The Morgan fingerprint density at radius 3 is 2.60 bits per heavy atom. The van der Waals surface area contributed by atoms with Crippen LogP contribution in [-0.4, -0.2) is 54.1 Å². The van der Waals surface area contributed by atoms with E-state index in [1.54, 1.807) is 0 Å². The Morgan fingerprint density at radius 1 is 1.05 bits per heavy atom. The molecule has 3 rings (SSSR count). The van der Waals surface area contributed by atoms with Gasteiger partial charge in [0.2, 0.25) is 0 Å². The number of hydrogen-bond acceptors (Lipinski definition) is 3. The van der Waals surface area contributed by atoms with Crippen molar-refractivity contribution in [2.45, 2.75) is 70.4 Å². The van der Waals surface area contributed by atoms with E-state index in [0.29, 0.717) is 11.0 Å². The van der Waals surface area contributed by atoms with Gasteiger partial charge in [0.1, 0.15) is 0 Å². The van der Waals surface area contributed by atoms with Crippen LogP contribution in [0.25, 0.3) is 0 Å². The number of hydrogen-bond donors (Lipinski definition) is 1. The van der Waals surface area contributed by atoms with Gasteiger partial charge in [-0.1, -0.05) is 20.3 Å². The summed E-state index contributed by atoms with van der Waals surface area (Å²) >= 11 is 0. The molecule has 1 saturated carbocycles. The lowest BCUT2D eigenvalue weighted by atomic mass is 9.67. The van der Waals surface area contributed by atoms with E-state index in [1.807, 2.05) is 0 Å². The highest BCUT2D eigenvalue weighted by Crippen LogP contribution is 2.44. The third kappa shape index (κ3) is 2.77. The second kappa shape index (κ2) is 5.58. The monoisotopic (exact) mass is 279 g/mol. The third-order valence-corrected chi connectivity index (χ3v) is 6.16. The molecular weight excluding hydrogens is 246 g/mol. The van der Waals surface area contributed by atoms with Gasteiger partial charge in [-0.3, -0.25) is 9.80 Å². The maximum atomic E-state index is 6.32. The first-order valence-electron chi connectivity index (χ1n) is 8.74. The Kier molecular flexibility index (Phi) is 4.13. The molecule has 0 aromatic rings. The summed E-state index contributed by atoms with van der Waals surface area (Å²) in [6.45, 7) is 10.9. The molecule has 3 fully saturated rings. The summed E-state index contributed by atoms with van der Waals surface area (Å²) in [5, 5.41) is 0. The Balaban J connectivity index is 1.77. The maximum absolute atomic E-state index is 6.32. The van der Waals surface area contributed by atoms with Crippen LogP contribution in [-0.2, 0) is 0 Å². The van der Waals surface area contributed by atoms with Crippen molar-refractivity contribution < 1.29 is 0 Å². The molecule has 2 heterocycles. The molecule has 116 valence electrons. The van der Waals surface area contributed by atoms with Gasteiger partial charge in [-0.2, -0.15) is 0 Å². The van der Waals surface area contributed by atoms with Gasteiger partial charge < -0.3 is 5.73 Å². The van der Waals surface area contributed by atoms with Gasteiger partial charge in [-0.15, -0.1) is 0 Å². The summed E-state index contributed by atoms with van der Waals surface area (Å²) < 4.78 is 0. The lowest BCUT2D eigenvalue weighted by Gasteiger charge is -2.51. The van der Waals surface area contributed by atoms with E-state index in [2.05, 4.69) is 23.6 Å². The molecule has 2 saturated heterocycles. The minimum absolute atomic E-state index is 0.292. The summed E-state index contributed by atoms with van der Waals surface area (Å²) in [6, 6.07) is 0.811. The Morgan fingerprint density at radius 2 is 1.85 bits per heavy atom. The summed E-state index contributed by atoms with van der Waals surface area (Å²) in [5.41, 5.74) is 7.09. The molecule has 3 aliphatic rings. The van der Waals surface area contributed by atoms with E-state index in [9.17, 15) is 0 Å². The number of nitrogens with two attached hydrogens (primary N) is 1. The highest BCUT2D eigenvalue weighted by Gasteiger charge is 2.44. The molecule has 0 aromatic heterocycles. The first kappa shape index (κ1) is 14.8. The smallest absolute Gasteiger partial charge is 0.0337 e. The van der Waals surface area contributed by atoms with Crippen molar-refractivity contribution in [2.75, 3.05) is 32.7 Å². The van der Waals surface area contributed by atoms with Crippen LogP contribution >= 0.6 is 0 Å². The van der Waals surface area contributed by atoms with E-state index in [0.717, 1.165) is 12.6 Å². The van der Waals surface area contributed by atoms with Gasteiger partial charge in [0, 0.05) is 31.2 Å². The largest absolute Gasteiger partial charge is 0.329 e. The van der Waals surface area contributed by atoms with Gasteiger partial charge >= 0.3 is 0 Å². The maximum Gasteiger partial charge on any atom is 0.0337 e. The van der Waals surface area contributed by atoms with Crippen LogP contribution in [0.5, 0.6) is 0 Å². The fourth-order valence-electron chi connectivity index (χ4n) is 5.17. The second-order valence-corrected chi connectivity index (χ2v) is 8.25. The van der Waals surface area contributed by atoms with Crippen LogP contribution < -0.4 is 5.73 Å². The molecule has 2 aliphatic heterocycles. The predicted octanol–water partition coefficient (Wildman–Crippen LogP) is 2.45. The molecule has 2 N–H and O–H groups in total. The predicted molar refractivity (Wildman–Crippen MR) is 84.8 cm³/mol. The molecular formula is C17H33N3. The molecule has 0 radical (unpaired) electrons. The highest BCUT2D eigenvalue weighted by atomic mass is 15.3. The molecule has 1 aliphatic carbocycles. The fourth-order valence-corrected chi connectivity index (χ4v) is 5.17. The summed E-state index contributed by atoms with van der Waals surface area (Å²) in [4.78, 5) is 5.54. The highest BCUT2D eigenvalue weighted by molar-refractivity contribution is 5.01. The van der Waals surface area contributed by atoms with Crippen molar-refractivity contribution >= 4 is 0 Å². The standard InChI is InChI=1S/C17H33N3/c1-16(2)7-4-8-17(13-16,14-18)20-11-5-10-19-9-3-6-15(19)12-20/h15H,3-14,18H2,1-2H3. The van der Waals surface area contributed by atoms with Crippen LogP contribution in [0.1, 0.15) is 58.8 Å². The van der Waals surface area contributed by atoms with Crippen molar-refractivity contribution in [3.05, 3.63) is 0 Å². The van der Waals surface area contributed by atoms with E-state index >= 15 is 0 Å². The zero-order valence-corrected chi connectivity index (χ0v) is 13.5. The third-order valence-electron chi connectivity index (χ3n) is 6.16. The fraction of sp³-hybridized carbons (Fsp3) is 1.00. The van der Waals surface area contributed by atoms with E-state index in [1.165, 1.54) is 71.1 Å². The van der Waals surface area contributed by atoms with Gasteiger partial charge in [-0.05, 0) is 57.0 Å². The van der Waals surface area contributed by atoms with Crippen LogP contribution in [0.3, 0.4) is 0 Å². The van der Waals surface area contributed by atoms with Crippen LogP contribution in [0.4, 0.5) is 0 Å². The van der Waals surface area contributed by atoms with Crippen molar-refractivity contribution in [1.29, 1.82) is 0 Å². The quantitative estimate of drug-likeness (QED) is 0.843. The Labute approximate surface area is 124 Å². The van der Waals surface area contributed by atoms with Crippen LogP contribution in [0.2, 0.25) is 0 Å². The van der Waals surface area contributed by atoms with Crippen molar-refractivity contribution in [1.82, 2.24) is 9.80 Å². The number of nitrogens with zero attached hydrogens (tertiary/aromatic N) is 2. The lowest BCUT2D eigenvalue weighted by Crippen LogP contribution is -2.59. The van der Waals surface area contributed by atoms with E-state index < -0.39 is 0 Å². The zero-order chi connectivity index (χ0) is 14.2. The van der Waals surface area contributed by atoms with Crippen LogP contribution in [0.15, 0.2) is 0 Å². The normalized spacial score (nSPS) is 39.5. The average Bonchev–Trinajstić information content (AvgIpc) is 2.74. The lowest BCUT2D eigenvalue weighted by molar-refractivity contribution is 0.00617. The first-order chi connectivity index (χ1) is 9.55. The molecule has 2 unspecified atom stereocenters. The summed E-state index contributed by atoms with van der Waals surface area (Å²) in [6.07, 6.45) is 9.48. The SMILES string of the molecule is CC1(C)CCCC(CN)(N2CCCN3CCCC3C2)C1.